The highest BCUT2D eigenvalue weighted by molar-refractivity contribution is 7.85. The van der Waals surface area contributed by atoms with Gasteiger partial charge in [-0.15, -0.1) is 0 Å². The molecule has 19 heavy (non-hydrogen) atoms. The zero-order valence-electron chi connectivity index (χ0n) is 10.0. The molecule has 1 aliphatic heterocycles. The van der Waals surface area contributed by atoms with E-state index in [1.807, 2.05) is 0 Å². The van der Waals surface area contributed by atoms with Crippen molar-refractivity contribution in [1.29, 1.82) is 5.26 Å². The number of rotatable bonds is 3. The van der Waals surface area contributed by atoms with Gasteiger partial charge < -0.3 is 5.32 Å². The van der Waals surface area contributed by atoms with Gasteiger partial charge in [-0.2, -0.15) is 5.26 Å². The number of nitrogens with one attached hydrogen (secondary N) is 1. The first-order valence-electron chi connectivity index (χ1n) is 5.77. The molecule has 0 aromatic carbocycles. The summed E-state index contributed by atoms with van der Waals surface area (Å²) in [6.45, 7) is 0. The molecular weight excluding hydrogens is 268 g/mol. The number of hydrogen-bond acceptors (Lipinski definition) is 6. The van der Waals surface area contributed by atoms with Crippen molar-refractivity contribution in [2.45, 2.75) is 18.9 Å². The van der Waals surface area contributed by atoms with Crippen LogP contribution in [0.15, 0.2) is 12.1 Å². The second-order valence-corrected chi connectivity index (χ2v) is 5.90. The highest BCUT2D eigenvalue weighted by Crippen LogP contribution is 2.20. The number of nitrogens with zero attached hydrogens (tertiary/aromatic N) is 3. The van der Waals surface area contributed by atoms with Gasteiger partial charge in [0.2, 0.25) is 5.69 Å². The minimum atomic E-state index is -0.737. The zero-order chi connectivity index (χ0) is 13.8. The minimum Gasteiger partial charge on any atom is -0.367 e. The van der Waals surface area contributed by atoms with E-state index in [0.29, 0.717) is 17.3 Å². The Labute approximate surface area is 112 Å². The standard InChI is InChI=1S/C11H12N4O3S/c12-7-9-10(15(16)17)1-2-11(14-9)13-8-3-5-19(18)6-4-8/h1-2,8H,3-6H2,(H,13,14). The molecule has 1 aromatic rings. The number of nitro groups is 1. The molecule has 1 N–H and O–H groups in total. The molecule has 0 amide bonds. The lowest BCUT2D eigenvalue weighted by atomic mass is 10.1. The minimum absolute atomic E-state index is 0.151. The lowest BCUT2D eigenvalue weighted by Crippen LogP contribution is -2.29. The number of nitriles is 1. The zero-order valence-corrected chi connectivity index (χ0v) is 10.9. The third kappa shape index (κ3) is 3.26. The maximum Gasteiger partial charge on any atom is 0.305 e. The van der Waals surface area contributed by atoms with Crippen LogP contribution >= 0.6 is 0 Å². The summed E-state index contributed by atoms with van der Waals surface area (Å²) in [5, 5.41) is 22.6. The molecule has 8 heteroatoms. The second kappa shape index (κ2) is 5.75. The van der Waals surface area contributed by atoms with E-state index in [0.717, 1.165) is 12.8 Å². The van der Waals surface area contributed by atoms with Gasteiger partial charge in [0.1, 0.15) is 11.9 Å². The van der Waals surface area contributed by atoms with E-state index in [9.17, 15) is 14.3 Å². The largest absolute Gasteiger partial charge is 0.367 e. The summed E-state index contributed by atoms with van der Waals surface area (Å²) >= 11 is 0. The van der Waals surface area contributed by atoms with E-state index in [1.165, 1.54) is 12.1 Å². The smallest absolute Gasteiger partial charge is 0.305 e. The third-order valence-corrected chi connectivity index (χ3v) is 4.30. The van der Waals surface area contributed by atoms with E-state index < -0.39 is 15.7 Å². The third-order valence-electron chi connectivity index (χ3n) is 2.92. The van der Waals surface area contributed by atoms with Crippen LogP contribution < -0.4 is 5.32 Å². The Kier molecular flexibility index (Phi) is 4.06. The molecule has 1 aromatic heterocycles. The molecule has 0 saturated carbocycles. The summed E-state index contributed by atoms with van der Waals surface area (Å²) in [6.07, 6.45) is 1.54. The molecule has 0 radical (unpaired) electrons. The summed E-state index contributed by atoms with van der Waals surface area (Å²) in [4.78, 5) is 14.0. The predicted octanol–water partition coefficient (Wildman–Crippen LogP) is 1.18. The molecule has 7 nitrogen and oxygen atoms in total. The Bertz CT molecular complexity index is 560. The number of anilines is 1. The molecule has 2 rings (SSSR count). The Hall–Kier alpha value is -2.01. The predicted molar refractivity (Wildman–Crippen MR) is 70.1 cm³/mol. The Morgan fingerprint density at radius 1 is 1.47 bits per heavy atom. The normalized spacial score (nSPS) is 22.5. The van der Waals surface area contributed by atoms with E-state index in [-0.39, 0.29) is 17.4 Å². The number of pyridine rings is 1. The molecule has 1 saturated heterocycles. The first-order chi connectivity index (χ1) is 9.10. The lowest BCUT2D eigenvalue weighted by molar-refractivity contribution is -0.385. The average Bonchev–Trinajstić information content (AvgIpc) is 2.41. The van der Waals surface area contributed by atoms with Gasteiger partial charge in [0, 0.05) is 34.4 Å². The molecule has 1 fully saturated rings. The average molecular weight is 280 g/mol. The van der Waals surface area contributed by atoms with Crippen LogP contribution in [0.2, 0.25) is 0 Å². The number of hydrogen-bond donors (Lipinski definition) is 1. The molecule has 0 spiro atoms. The molecular formula is C11H12N4O3S. The maximum absolute atomic E-state index is 11.2. The fourth-order valence-electron chi connectivity index (χ4n) is 1.91. The Morgan fingerprint density at radius 3 is 2.74 bits per heavy atom. The van der Waals surface area contributed by atoms with Crippen LogP contribution in [-0.4, -0.2) is 31.7 Å². The molecule has 1 aliphatic rings. The van der Waals surface area contributed by atoms with Crippen LogP contribution in [0.1, 0.15) is 18.5 Å². The summed E-state index contributed by atoms with van der Waals surface area (Å²) in [6, 6.07) is 4.63. The van der Waals surface area contributed by atoms with E-state index >= 15 is 0 Å². The van der Waals surface area contributed by atoms with Crippen LogP contribution in [0.25, 0.3) is 0 Å². The van der Waals surface area contributed by atoms with Gasteiger partial charge in [-0.25, -0.2) is 4.98 Å². The fourth-order valence-corrected chi connectivity index (χ4v) is 3.21. The SMILES string of the molecule is N#Cc1nc(NC2CCS(=O)CC2)ccc1[N+](=O)[O-]. The topological polar surface area (TPSA) is 109 Å². The molecule has 0 atom stereocenters. The number of aromatic nitrogens is 1. The highest BCUT2D eigenvalue weighted by atomic mass is 32.2. The van der Waals surface area contributed by atoms with Crippen molar-refractivity contribution in [1.82, 2.24) is 4.98 Å². The summed E-state index contributed by atoms with van der Waals surface area (Å²) < 4.78 is 11.2. The van der Waals surface area contributed by atoms with Crippen molar-refractivity contribution in [3.63, 3.8) is 0 Å². The summed E-state index contributed by atoms with van der Waals surface area (Å²) in [5.41, 5.74) is -0.493. The fraction of sp³-hybridized carbons (Fsp3) is 0.455. The first-order valence-corrected chi connectivity index (χ1v) is 7.26. The van der Waals surface area contributed by atoms with Crippen molar-refractivity contribution in [2.24, 2.45) is 0 Å². The van der Waals surface area contributed by atoms with Crippen LogP contribution in [0.3, 0.4) is 0 Å². The van der Waals surface area contributed by atoms with Gasteiger partial charge in [-0.05, 0) is 18.9 Å². The molecule has 0 aliphatic carbocycles. The van der Waals surface area contributed by atoms with Crippen molar-refractivity contribution in [3.05, 3.63) is 27.9 Å². The quantitative estimate of drug-likeness (QED) is 0.657. The van der Waals surface area contributed by atoms with E-state index in [1.54, 1.807) is 6.07 Å². The monoisotopic (exact) mass is 280 g/mol. The van der Waals surface area contributed by atoms with Gasteiger partial charge >= 0.3 is 5.69 Å². The molecule has 0 unspecified atom stereocenters. The van der Waals surface area contributed by atoms with Crippen LogP contribution in [-0.2, 0) is 10.8 Å². The first kappa shape index (κ1) is 13.4. The second-order valence-electron chi connectivity index (χ2n) is 4.20. The molecule has 2 heterocycles. The van der Waals surface area contributed by atoms with E-state index in [4.69, 9.17) is 5.26 Å². The van der Waals surface area contributed by atoms with Gasteiger partial charge in [0.15, 0.2) is 0 Å². The van der Waals surface area contributed by atoms with Gasteiger partial charge in [-0.1, -0.05) is 0 Å². The van der Waals surface area contributed by atoms with Crippen molar-refractivity contribution >= 4 is 22.3 Å². The molecule has 100 valence electrons. The summed E-state index contributed by atoms with van der Waals surface area (Å²) in [5.74, 6) is 1.74. The van der Waals surface area contributed by atoms with Crippen LogP contribution in [0.5, 0.6) is 0 Å². The van der Waals surface area contributed by atoms with Crippen molar-refractivity contribution < 1.29 is 9.13 Å². The van der Waals surface area contributed by atoms with Crippen molar-refractivity contribution in [3.8, 4) is 6.07 Å². The highest BCUT2D eigenvalue weighted by Gasteiger charge is 2.20. The van der Waals surface area contributed by atoms with E-state index in [2.05, 4.69) is 10.3 Å². The maximum atomic E-state index is 11.2. The van der Waals surface area contributed by atoms with Crippen LogP contribution in [0, 0.1) is 21.4 Å². The molecule has 0 bridgehead atoms. The van der Waals surface area contributed by atoms with Gasteiger partial charge in [-0.3, -0.25) is 14.3 Å². The summed E-state index contributed by atoms with van der Waals surface area (Å²) in [7, 11) is -0.737. The lowest BCUT2D eigenvalue weighted by Gasteiger charge is -2.22. The van der Waals surface area contributed by atoms with Crippen molar-refractivity contribution in [2.75, 3.05) is 16.8 Å². The Morgan fingerprint density at radius 2 is 2.16 bits per heavy atom. The van der Waals surface area contributed by atoms with Gasteiger partial charge in [0.05, 0.1) is 4.92 Å². The van der Waals surface area contributed by atoms with Crippen LogP contribution in [0.4, 0.5) is 11.5 Å². The van der Waals surface area contributed by atoms with Gasteiger partial charge in [0.25, 0.3) is 0 Å². The Balaban J connectivity index is 2.11.